The SMILES string of the molecule is CC(CC(=O)O)C(=O)OC(C)(C)C#N. The van der Waals surface area contributed by atoms with Crippen molar-refractivity contribution in [1.29, 1.82) is 5.26 Å². The molecule has 0 aromatic heterocycles. The highest BCUT2D eigenvalue weighted by atomic mass is 16.6. The summed E-state index contributed by atoms with van der Waals surface area (Å²) in [6.07, 6.45) is -0.291. The molecule has 78 valence electrons. The zero-order chi connectivity index (χ0) is 11.4. The number of nitriles is 1. The van der Waals surface area contributed by atoms with Crippen LogP contribution in [0.15, 0.2) is 0 Å². The Balaban J connectivity index is 4.23. The van der Waals surface area contributed by atoms with E-state index in [0.29, 0.717) is 0 Å². The number of carboxylic acids is 1. The van der Waals surface area contributed by atoms with E-state index in [2.05, 4.69) is 0 Å². The van der Waals surface area contributed by atoms with Gasteiger partial charge in [-0.3, -0.25) is 9.59 Å². The summed E-state index contributed by atoms with van der Waals surface area (Å²) < 4.78 is 4.79. The van der Waals surface area contributed by atoms with Crippen LogP contribution in [0.3, 0.4) is 0 Å². The van der Waals surface area contributed by atoms with E-state index in [1.165, 1.54) is 20.8 Å². The van der Waals surface area contributed by atoms with Crippen molar-refractivity contribution in [2.75, 3.05) is 0 Å². The first-order valence-electron chi connectivity index (χ1n) is 4.14. The third-order valence-electron chi connectivity index (χ3n) is 1.51. The maximum absolute atomic E-state index is 11.2. The second-order valence-electron chi connectivity index (χ2n) is 3.54. The number of nitrogens with zero attached hydrogens (tertiary/aromatic N) is 1. The number of hydrogen-bond acceptors (Lipinski definition) is 4. The van der Waals surface area contributed by atoms with Gasteiger partial charge in [-0.1, -0.05) is 6.92 Å². The Bertz CT molecular complexity index is 277. The molecule has 0 heterocycles. The molecule has 0 aliphatic heterocycles. The van der Waals surface area contributed by atoms with E-state index in [1.54, 1.807) is 6.07 Å². The first kappa shape index (κ1) is 12.4. The van der Waals surface area contributed by atoms with Gasteiger partial charge in [-0.05, 0) is 13.8 Å². The molecule has 1 unspecified atom stereocenters. The Labute approximate surface area is 82.3 Å². The number of ether oxygens (including phenoxy) is 1. The molecule has 0 fully saturated rings. The average molecular weight is 199 g/mol. The van der Waals surface area contributed by atoms with Gasteiger partial charge in [0.05, 0.1) is 12.3 Å². The average Bonchev–Trinajstić information content (AvgIpc) is 2.02. The fourth-order valence-corrected chi connectivity index (χ4v) is 0.720. The molecular weight excluding hydrogens is 186 g/mol. The Morgan fingerprint density at radius 2 is 2.07 bits per heavy atom. The third kappa shape index (κ3) is 4.45. The van der Waals surface area contributed by atoms with E-state index >= 15 is 0 Å². The van der Waals surface area contributed by atoms with Crippen molar-refractivity contribution in [2.24, 2.45) is 5.92 Å². The Hall–Kier alpha value is -1.57. The Morgan fingerprint density at radius 1 is 1.57 bits per heavy atom. The van der Waals surface area contributed by atoms with Crippen molar-refractivity contribution in [3.63, 3.8) is 0 Å². The van der Waals surface area contributed by atoms with Crippen LogP contribution in [0.1, 0.15) is 27.2 Å². The van der Waals surface area contributed by atoms with Crippen LogP contribution in [-0.2, 0) is 14.3 Å². The summed E-state index contributed by atoms with van der Waals surface area (Å²) in [5.41, 5.74) is -1.20. The van der Waals surface area contributed by atoms with Gasteiger partial charge >= 0.3 is 11.9 Å². The van der Waals surface area contributed by atoms with E-state index in [1.807, 2.05) is 0 Å². The van der Waals surface area contributed by atoms with Crippen LogP contribution in [0.2, 0.25) is 0 Å². The molecule has 0 spiro atoms. The number of esters is 1. The molecule has 0 rings (SSSR count). The molecule has 1 N–H and O–H groups in total. The molecule has 0 saturated carbocycles. The normalized spacial score (nSPS) is 12.7. The van der Waals surface area contributed by atoms with Gasteiger partial charge in [-0.25, -0.2) is 0 Å². The molecule has 0 radical (unpaired) electrons. The summed E-state index contributed by atoms with van der Waals surface area (Å²) in [6.45, 7) is 4.33. The van der Waals surface area contributed by atoms with E-state index in [4.69, 9.17) is 15.1 Å². The molecule has 0 aromatic carbocycles. The summed E-state index contributed by atoms with van der Waals surface area (Å²) in [7, 11) is 0. The molecule has 14 heavy (non-hydrogen) atoms. The topological polar surface area (TPSA) is 87.4 Å². The number of rotatable bonds is 4. The molecule has 0 aliphatic rings. The number of carbonyl (C=O) groups excluding carboxylic acids is 1. The van der Waals surface area contributed by atoms with Gasteiger partial charge in [0, 0.05) is 0 Å². The lowest BCUT2D eigenvalue weighted by Gasteiger charge is -2.18. The molecule has 1 atom stereocenters. The summed E-state index contributed by atoms with van der Waals surface area (Å²) >= 11 is 0. The standard InChI is InChI=1S/C9H13NO4/c1-6(4-7(11)12)8(13)14-9(2,3)5-10/h6H,4H2,1-3H3,(H,11,12). The van der Waals surface area contributed by atoms with E-state index in [0.717, 1.165) is 0 Å². The van der Waals surface area contributed by atoms with Crippen molar-refractivity contribution in [1.82, 2.24) is 0 Å². The second-order valence-corrected chi connectivity index (χ2v) is 3.54. The van der Waals surface area contributed by atoms with Crippen molar-refractivity contribution in [2.45, 2.75) is 32.8 Å². The molecule has 5 heteroatoms. The summed E-state index contributed by atoms with van der Waals surface area (Å²) in [4.78, 5) is 21.5. The Kier molecular flexibility index (Phi) is 4.09. The van der Waals surface area contributed by atoms with E-state index in [9.17, 15) is 9.59 Å². The van der Waals surface area contributed by atoms with Crippen molar-refractivity contribution >= 4 is 11.9 Å². The molecule has 5 nitrogen and oxygen atoms in total. The highest BCUT2D eigenvalue weighted by Gasteiger charge is 2.26. The molecule has 0 bridgehead atoms. The lowest BCUT2D eigenvalue weighted by Crippen LogP contribution is -2.30. The predicted molar refractivity (Wildman–Crippen MR) is 47.2 cm³/mol. The quantitative estimate of drug-likeness (QED) is 0.681. The van der Waals surface area contributed by atoms with Gasteiger partial charge < -0.3 is 9.84 Å². The van der Waals surface area contributed by atoms with Crippen molar-refractivity contribution in [3.8, 4) is 6.07 Å². The fraction of sp³-hybridized carbons (Fsp3) is 0.667. The maximum atomic E-state index is 11.2. The van der Waals surface area contributed by atoms with E-state index < -0.39 is 23.5 Å². The minimum Gasteiger partial charge on any atom is -0.481 e. The molecular formula is C9H13NO4. The van der Waals surface area contributed by atoms with Crippen LogP contribution in [0.4, 0.5) is 0 Å². The fourth-order valence-electron chi connectivity index (χ4n) is 0.720. The van der Waals surface area contributed by atoms with Crippen LogP contribution in [0.5, 0.6) is 0 Å². The zero-order valence-corrected chi connectivity index (χ0v) is 8.40. The van der Waals surface area contributed by atoms with Crippen LogP contribution in [0, 0.1) is 17.2 Å². The van der Waals surface area contributed by atoms with Gasteiger partial charge in [0.1, 0.15) is 6.07 Å². The monoisotopic (exact) mass is 199 g/mol. The van der Waals surface area contributed by atoms with Crippen LogP contribution >= 0.6 is 0 Å². The first-order valence-corrected chi connectivity index (χ1v) is 4.14. The number of aliphatic carboxylic acids is 1. The van der Waals surface area contributed by atoms with Crippen molar-refractivity contribution < 1.29 is 19.4 Å². The summed E-state index contributed by atoms with van der Waals surface area (Å²) in [5, 5.41) is 17.0. The highest BCUT2D eigenvalue weighted by Crippen LogP contribution is 2.13. The van der Waals surface area contributed by atoms with Crippen molar-refractivity contribution in [3.05, 3.63) is 0 Å². The third-order valence-corrected chi connectivity index (χ3v) is 1.51. The molecule has 0 aliphatic carbocycles. The minimum atomic E-state index is -1.20. The number of carbonyl (C=O) groups is 2. The van der Waals surface area contributed by atoms with Crippen LogP contribution in [0.25, 0.3) is 0 Å². The maximum Gasteiger partial charge on any atom is 0.310 e. The largest absolute Gasteiger partial charge is 0.481 e. The van der Waals surface area contributed by atoms with Crippen LogP contribution < -0.4 is 0 Å². The van der Waals surface area contributed by atoms with Gasteiger partial charge in [-0.15, -0.1) is 0 Å². The van der Waals surface area contributed by atoms with E-state index in [-0.39, 0.29) is 6.42 Å². The first-order chi connectivity index (χ1) is 6.28. The lowest BCUT2D eigenvalue weighted by atomic mass is 10.1. The number of hydrogen-bond donors (Lipinski definition) is 1. The molecule has 0 aromatic rings. The van der Waals surface area contributed by atoms with Gasteiger partial charge in [-0.2, -0.15) is 5.26 Å². The molecule has 0 amide bonds. The smallest absolute Gasteiger partial charge is 0.310 e. The van der Waals surface area contributed by atoms with Gasteiger partial charge in [0.25, 0.3) is 0 Å². The second kappa shape index (κ2) is 4.61. The Morgan fingerprint density at radius 3 is 2.43 bits per heavy atom. The zero-order valence-electron chi connectivity index (χ0n) is 8.40. The minimum absolute atomic E-state index is 0.291. The van der Waals surface area contributed by atoms with Gasteiger partial charge in [0.2, 0.25) is 0 Å². The predicted octanol–water partition coefficient (Wildman–Crippen LogP) is 0.943. The number of carboxylic acid groups (broad SMARTS) is 1. The van der Waals surface area contributed by atoms with Crippen LogP contribution in [-0.4, -0.2) is 22.6 Å². The molecule has 0 saturated heterocycles. The van der Waals surface area contributed by atoms with Gasteiger partial charge in [0.15, 0.2) is 5.60 Å². The highest BCUT2D eigenvalue weighted by molar-refractivity contribution is 5.79. The summed E-state index contributed by atoms with van der Waals surface area (Å²) in [6, 6.07) is 1.79. The summed E-state index contributed by atoms with van der Waals surface area (Å²) in [5.74, 6) is -2.47. The lowest BCUT2D eigenvalue weighted by molar-refractivity contribution is -0.159.